The van der Waals surface area contributed by atoms with Crippen molar-refractivity contribution in [1.82, 2.24) is 9.55 Å². The van der Waals surface area contributed by atoms with Gasteiger partial charge in [-0.05, 0) is 18.6 Å². The van der Waals surface area contributed by atoms with Crippen molar-refractivity contribution in [2.45, 2.75) is 32.4 Å². The first-order valence-corrected chi connectivity index (χ1v) is 6.68. The highest BCUT2D eigenvalue weighted by Crippen LogP contribution is 2.35. The van der Waals surface area contributed by atoms with Gasteiger partial charge >= 0.3 is 0 Å². The van der Waals surface area contributed by atoms with Crippen LogP contribution in [0.5, 0.6) is 5.75 Å². The van der Waals surface area contributed by atoms with Crippen LogP contribution in [0.1, 0.15) is 41.9 Å². The molecule has 4 nitrogen and oxygen atoms in total. The molecule has 0 fully saturated rings. The maximum absolute atomic E-state index is 13.3. The molecule has 1 aliphatic rings. The Morgan fingerprint density at radius 3 is 3.15 bits per heavy atom. The lowest BCUT2D eigenvalue weighted by Gasteiger charge is -2.25. The number of ether oxygens (including phenoxy) is 1. The van der Waals surface area contributed by atoms with Crippen molar-refractivity contribution in [1.29, 1.82) is 0 Å². The van der Waals surface area contributed by atoms with Gasteiger partial charge in [0.1, 0.15) is 17.7 Å². The summed E-state index contributed by atoms with van der Waals surface area (Å²) in [4.78, 5) is 16.3. The summed E-state index contributed by atoms with van der Waals surface area (Å²) in [5.41, 5.74) is 1.30. The van der Waals surface area contributed by atoms with Crippen LogP contribution in [0, 0.1) is 5.82 Å². The Labute approximate surface area is 116 Å². The van der Waals surface area contributed by atoms with Crippen molar-refractivity contribution in [3.8, 4) is 5.75 Å². The van der Waals surface area contributed by atoms with E-state index >= 15 is 0 Å². The Kier molecular flexibility index (Phi) is 3.26. The molecule has 1 aromatic heterocycles. The monoisotopic (exact) mass is 274 g/mol. The average molecular weight is 274 g/mol. The molecule has 1 atom stereocenters. The van der Waals surface area contributed by atoms with Gasteiger partial charge in [0.25, 0.3) is 0 Å². The molecule has 1 aliphatic heterocycles. The second-order valence-corrected chi connectivity index (χ2v) is 4.89. The van der Waals surface area contributed by atoms with Gasteiger partial charge in [0, 0.05) is 12.6 Å². The summed E-state index contributed by atoms with van der Waals surface area (Å²) in [5.74, 6) is -0.115. The number of rotatable bonds is 3. The largest absolute Gasteiger partial charge is 0.483 e. The second-order valence-electron chi connectivity index (χ2n) is 4.89. The SMILES string of the molecule is CCCn1cncc1C1CC(=O)c2ccc(F)cc2O1. The first-order valence-electron chi connectivity index (χ1n) is 6.68. The molecule has 3 rings (SSSR count). The van der Waals surface area contributed by atoms with Crippen LogP contribution in [-0.4, -0.2) is 15.3 Å². The van der Waals surface area contributed by atoms with Crippen LogP contribution in [-0.2, 0) is 6.54 Å². The smallest absolute Gasteiger partial charge is 0.170 e. The molecule has 2 heterocycles. The molecular formula is C15H15FN2O2. The van der Waals surface area contributed by atoms with Crippen molar-refractivity contribution >= 4 is 5.78 Å². The predicted molar refractivity (Wildman–Crippen MR) is 71.2 cm³/mol. The van der Waals surface area contributed by atoms with E-state index < -0.39 is 11.9 Å². The molecule has 2 aromatic rings. The highest BCUT2D eigenvalue weighted by Gasteiger charge is 2.29. The number of aryl methyl sites for hydroxylation is 1. The Bertz CT molecular complexity index is 651. The van der Waals surface area contributed by atoms with Crippen molar-refractivity contribution in [3.05, 3.63) is 47.8 Å². The molecule has 0 saturated heterocycles. The Hall–Kier alpha value is -2.17. The van der Waals surface area contributed by atoms with Gasteiger partial charge in [-0.25, -0.2) is 9.37 Å². The molecule has 0 radical (unpaired) electrons. The molecule has 1 unspecified atom stereocenters. The summed E-state index contributed by atoms with van der Waals surface area (Å²) < 4.78 is 21.0. The minimum Gasteiger partial charge on any atom is -0.483 e. The van der Waals surface area contributed by atoms with Crippen LogP contribution < -0.4 is 4.74 Å². The van der Waals surface area contributed by atoms with Crippen LogP contribution in [0.2, 0.25) is 0 Å². The van der Waals surface area contributed by atoms with E-state index in [1.807, 2.05) is 4.57 Å². The molecule has 0 N–H and O–H groups in total. The van der Waals surface area contributed by atoms with Crippen molar-refractivity contribution in [2.75, 3.05) is 0 Å². The standard InChI is InChI=1S/C15H15FN2O2/c1-2-5-18-9-17-8-12(18)15-7-13(19)11-4-3-10(16)6-14(11)20-15/h3-4,6,8-9,15H,2,5,7H2,1H3. The zero-order valence-electron chi connectivity index (χ0n) is 11.2. The number of nitrogens with zero attached hydrogens (tertiary/aromatic N) is 2. The molecular weight excluding hydrogens is 259 g/mol. The Morgan fingerprint density at radius 2 is 2.35 bits per heavy atom. The number of halogens is 1. The van der Waals surface area contributed by atoms with E-state index in [2.05, 4.69) is 11.9 Å². The zero-order valence-corrected chi connectivity index (χ0v) is 11.2. The van der Waals surface area contributed by atoms with E-state index in [0.29, 0.717) is 11.3 Å². The molecule has 0 amide bonds. The predicted octanol–water partition coefficient (Wildman–Crippen LogP) is 3.14. The number of hydrogen-bond donors (Lipinski definition) is 0. The number of carbonyl (C=O) groups excluding carboxylic acids is 1. The first kappa shape index (κ1) is 12.8. The van der Waals surface area contributed by atoms with Crippen LogP contribution in [0.3, 0.4) is 0 Å². The minimum absolute atomic E-state index is 0.0273. The summed E-state index contributed by atoms with van der Waals surface area (Å²) >= 11 is 0. The molecule has 5 heteroatoms. The highest BCUT2D eigenvalue weighted by molar-refractivity contribution is 5.99. The highest BCUT2D eigenvalue weighted by atomic mass is 19.1. The molecule has 104 valence electrons. The number of hydrogen-bond acceptors (Lipinski definition) is 3. The molecule has 0 spiro atoms. The summed E-state index contributed by atoms with van der Waals surface area (Å²) in [5, 5.41) is 0. The number of fused-ring (bicyclic) bond motifs is 1. The van der Waals surface area contributed by atoms with Gasteiger partial charge in [0.2, 0.25) is 0 Å². The maximum Gasteiger partial charge on any atom is 0.170 e. The van der Waals surface area contributed by atoms with Crippen molar-refractivity contribution < 1.29 is 13.9 Å². The van der Waals surface area contributed by atoms with Gasteiger partial charge in [-0.15, -0.1) is 0 Å². The molecule has 1 aromatic carbocycles. The molecule has 0 bridgehead atoms. The topological polar surface area (TPSA) is 44.1 Å². The fraction of sp³-hybridized carbons (Fsp3) is 0.333. The van der Waals surface area contributed by atoms with E-state index in [4.69, 9.17) is 4.74 Å². The quantitative estimate of drug-likeness (QED) is 0.863. The van der Waals surface area contributed by atoms with E-state index in [-0.39, 0.29) is 12.2 Å². The number of aromatic nitrogens is 2. The van der Waals surface area contributed by atoms with Gasteiger partial charge in [0.15, 0.2) is 5.78 Å². The van der Waals surface area contributed by atoms with Crippen molar-refractivity contribution in [2.24, 2.45) is 0 Å². The number of ketones is 1. The maximum atomic E-state index is 13.3. The fourth-order valence-corrected chi connectivity index (χ4v) is 2.49. The van der Waals surface area contributed by atoms with Crippen LogP contribution in [0.25, 0.3) is 0 Å². The fourth-order valence-electron chi connectivity index (χ4n) is 2.49. The van der Waals surface area contributed by atoms with Crippen LogP contribution in [0.4, 0.5) is 4.39 Å². The summed E-state index contributed by atoms with van der Waals surface area (Å²) in [6.07, 6.45) is 4.26. The lowest BCUT2D eigenvalue weighted by atomic mass is 9.99. The van der Waals surface area contributed by atoms with E-state index in [0.717, 1.165) is 18.7 Å². The molecule has 0 saturated carbocycles. The summed E-state index contributed by atoms with van der Waals surface area (Å²) in [6.45, 7) is 2.89. The minimum atomic E-state index is -0.403. The normalized spacial score (nSPS) is 17.7. The van der Waals surface area contributed by atoms with Gasteiger partial charge in [0.05, 0.1) is 30.2 Å². The van der Waals surface area contributed by atoms with E-state index in [9.17, 15) is 9.18 Å². The number of imidazole rings is 1. The van der Waals surface area contributed by atoms with Crippen LogP contribution in [0.15, 0.2) is 30.7 Å². The number of carbonyl (C=O) groups is 1. The second kappa shape index (κ2) is 5.07. The Balaban J connectivity index is 1.94. The Morgan fingerprint density at radius 1 is 1.50 bits per heavy atom. The number of benzene rings is 1. The average Bonchev–Trinajstić information content (AvgIpc) is 2.86. The third kappa shape index (κ3) is 2.19. The molecule has 0 aliphatic carbocycles. The van der Waals surface area contributed by atoms with Gasteiger partial charge in [-0.1, -0.05) is 6.92 Å². The third-order valence-electron chi connectivity index (χ3n) is 3.42. The van der Waals surface area contributed by atoms with Gasteiger partial charge in [-0.2, -0.15) is 0 Å². The third-order valence-corrected chi connectivity index (χ3v) is 3.42. The van der Waals surface area contributed by atoms with E-state index in [1.54, 1.807) is 12.5 Å². The first-order chi connectivity index (χ1) is 9.69. The van der Waals surface area contributed by atoms with E-state index in [1.165, 1.54) is 18.2 Å². The summed E-state index contributed by atoms with van der Waals surface area (Å²) in [6, 6.07) is 4.02. The van der Waals surface area contributed by atoms with Gasteiger partial charge < -0.3 is 9.30 Å². The summed E-state index contributed by atoms with van der Waals surface area (Å²) in [7, 11) is 0. The van der Waals surface area contributed by atoms with Crippen molar-refractivity contribution in [3.63, 3.8) is 0 Å². The lowest BCUT2D eigenvalue weighted by Crippen LogP contribution is -2.22. The number of Topliss-reactive ketones (excluding diaryl/α,β-unsaturated/α-hetero) is 1. The lowest BCUT2D eigenvalue weighted by molar-refractivity contribution is 0.0839. The molecule has 20 heavy (non-hydrogen) atoms. The zero-order chi connectivity index (χ0) is 14.1. The van der Waals surface area contributed by atoms with Crippen LogP contribution >= 0.6 is 0 Å². The van der Waals surface area contributed by atoms with Gasteiger partial charge in [-0.3, -0.25) is 4.79 Å².